The Bertz CT molecular complexity index is 2460. The van der Waals surface area contributed by atoms with Crippen LogP contribution in [0.15, 0.2) is 218 Å². The number of hydrogen-bond donors (Lipinski definition) is 0. The summed E-state index contributed by atoms with van der Waals surface area (Å²) in [7, 11) is -2.42. The largest absolute Gasteiger partial charge is 0.464 e. The lowest BCUT2D eigenvalue weighted by molar-refractivity contribution is 0.605. The molecule has 0 heterocycles. The highest BCUT2D eigenvalue weighted by atomic mass is 31.1. The maximum absolute atomic E-state index is 7.47. The van der Waals surface area contributed by atoms with Gasteiger partial charge in [0.2, 0.25) is 0 Å². The predicted molar refractivity (Wildman–Crippen MR) is 239 cm³/mol. The van der Waals surface area contributed by atoms with Crippen LogP contribution in [0.2, 0.25) is 0 Å². The van der Waals surface area contributed by atoms with E-state index in [0.717, 1.165) is 65.4 Å². The van der Waals surface area contributed by atoms with Crippen molar-refractivity contribution in [2.24, 2.45) is 0 Å². The first-order valence-electron chi connectivity index (χ1n) is 19.0. The van der Waals surface area contributed by atoms with Gasteiger partial charge in [0.25, 0.3) is 0 Å². The summed E-state index contributed by atoms with van der Waals surface area (Å²) < 4.78 is 14.9. The molecule has 0 N–H and O–H groups in total. The summed E-state index contributed by atoms with van der Waals surface area (Å²) in [5.41, 5.74) is 4.63. The standard InChI is InChI=1S/C52H40O2P2/c1-38-30-32-41(33-31-38)50(51-46-28-16-14-18-39(46)34-36-48(51)53-55(42-20-6-2-7-21-42)43-22-8-3-9-23-43)52-47-29-17-15-19-40(47)35-37-49(52)54-56(44-24-10-4-11-25-44)45-26-12-5-13-27-45/h2-37,50H,1H3. The van der Waals surface area contributed by atoms with Gasteiger partial charge in [-0.15, -0.1) is 0 Å². The highest BCUT2D eigenvalue weighted by Gasteiger charge is 2.31. The highest BCUT2D eigenvalue weighted by molar-refractivity contribution is 7.69. The summed E-state index contributed by atoms with van der Waals surface area (Å²) >= 11 is 0. The molecule has 9 rings (SSSR count). The summed E-state index contributed by atoms with van der Waals surface area (Å²) in [5.74, 6) is 1.48. The smallest absolute Gasteiger partial charge is 0.150 e. The lowest BCUT2D eigenvalue weighted by Crippen LogP contribution is -2.18. The molecule has 0 radical (unpaired) electrons. The molecule has 0 saturated heterocycles. The van der Waals surface area contributed by atoms with Crippen molar-refractivity contribution in [2.75, 3.05) is 0 Å². The average Bonchev–Trinajstić information content (AvgIpc) is 3.27. The summed E-state index contributed by atoms with van der Waals surface area (Å²) in [6.45, 7) is 2.15. The Balaban J connectivity index is 1.32. The van der Waals surface area contributed by atoms with Crippen LogP contribution in [0.25, 0.3) is 21.5 Å². The van der Waals surface area contributed by atoms with Gasteiger partial charge in [0.15, 0.2) is 16.3 Å². The van der Waals surface area contributed by atoms with Crippen molar-refractivity contribution in [1.29, 1.82) is 0 Å². The highest BCUT2D eigenvalue weighted by Crippen LogP contribution is 2.51. The van der Waals surface area contributed by atoms with Crippen molar-refractivity contribution >= 4 is 59.1 Å². The van der Waals surface area contributed by atoms with Crippen LogP contribution in [-0.4, -0.2) is 0 Å². The molecule has 0 atom stereocenters. The van der Waals surface area contributed by atoms with Crippen molar-refractivity contribution < 1.29 is 9.05 Å². The van der Waals surface area contributed by atoms with E-state index in [4.69, 9.17) is 9.05 Å². The molecule has 0 spiro atoms. The zero-order chi connectivity index (χ0) is 37.7. The molecule has 0 aliphatic rings. The Labute approximate surface area is 331 Å². The van der Waals surface area contributed by atoms with E-state index >= 15 is 0 Å². The van der Waals surface area contributed by atoms with Crippen molar-refractivity contribution in [2.45, 2.75) is 12.8 Å². The van der Waals surface area contributed by atoms with E-state index in [2.05, 4.69) is 225 Å². The zero-order valence-corrected chi connectivity index (χ0v) is 32.9. The van der Waals surface area contributed by atoms with Crippen LogP contribution in [-0.2, 0) is 0 Å². The zero-order valence-electron chi connectivity index (χ0n) is 31.1. The molecule has 4 heteroatoms. The topological polar surface area (TPSA) is 18.5 Å². The van der Waals surface area contributed by atoms with Crippen LogP contribution < -0.4 is 30.3 Å². The quantitative estimate of drug-likeness (QED) is 0.0966. The van der Waals surface area contributed by atoms with Gasteiger partial charge in [-0.05, 0) is 46.2 Å². The van der Waals surface area contributed by atoms with E-state index in [1.165, 1.54) is 11.1 Å². The van der Waals surface area contributed by atoms with E-state index in [9.17, 15) is 0 Å². The molecule has 0 amide bonds. The molecule has 0 aliphatic carbocycles. The molecule has 0 aliphatic heterocycles. The van der Waals surface area contributed by atoms with Crippen LogP contribution in [0.5, 0.6) is 11.5 Å². The van der Waals surface area contributed by atoms with E-state index < -0.39 is 16.3 Å². The number of fused-ring (bicyclic) bond motifs is 2. The van der Waals surface area contributed by atoms with Gasteiger partial charge >= 0.3 is 0 Å². The molecule has 2 nitrogen and oxygen atoms in total. The first kappa shape index (κ1) is 35.6. The molecular weight excluding hydrogens is 719 g/mol. The summed E-state index contributed by atoms with van der Waals surface area (Å²) in [4.78, 5) is 0. The van der Waals surface area contributed by atoms with Crippen molar-refractivity contribution in [3.63, 3.8) is 0 Å². The van der Waals surface area contributed by atoms with Crippen molar-refractivity contribution in [3.05, 3.63) is 241 Å². The van der Waals surface area contributed by atoms with Gasteiger partial charge < -0.3 is 9.05 Å². The fraction of sp³-hybridized carbons (Fsp3) is 0.0385. The molecule has 0 aromatic heterocycles. The second-order valence-corrected chi connectivity index (χ2v) is 17.5. The molecular formula is C52H40O2P2. The Morgan fingerprint density at radius 2 is 0.679 bits per heavy atom. The van der Waals surface area contributed by atoms with Gasteiger partial charge in [0.1, 0.15) is 11.5 Å². The molecule has 0 unspecified atom stereocenters. The van der Waals surface area contributed by atoms with Crippen molar-refractivity contribution in [3.8, 4) is 11.5 Å². The van der Waals surface area contributed by atoms with Crippen LogP contribution in [0, 0.1) is 6.92 Å². The number of benzene rings is 9. The second kappa shape index (κ2) is 16.4. The number of aryl methyl sites for hydroxylation is 1. The van der Waals surface area contributed by atoms with Crippen LogP contribution in [0.3, 0.4) is 0 Å². The number of rotatable bonds is 11. The van der Waals surface area contributed by atoms with Crippen LogP contribution in [0.4, 0.5) is 0 Å². The van der Waals surface area contributed by atoms with Gasteiger partial charge in [-0.1, -0.05) is 212 Å². The Kier molecular flexibility index (Phi) is 10.4. The third-order valence-corrected chi connectivity index (χ3v) is 14.0. The molecule has 0 bridgehead atoms. The van der Waals surface area contributed by atoms with E-state index in [0.29, 0.717) is 0 Å². The van der Waals surface area contributed by atoms with Crippen molar-refractivity contribution in [1.82, 2.24) is 0 Å². The summed E-state index contributed by atoms with van der Waals surface area (Å²) in [5, 5.41) is 9.26. The van der Waals surface area contributed by atoms with Gasteiger partial charge in [0.05, 0.1) is 0 Å². The minimum absolute atomic E-state index is 0.246. The van der Waals surface area contributed by atoms with Gasteiger partial charge in [-0.3, -0.25) is 0 Å². The fourth-order valence-electron chi connectivity index (χ4n) is 7.50. The fourth-order valence-corrected chi connectivity index (χ4v) is 11.0. The van der Waals surface area contributed by atoms with Crippen LogP contribution >= 0.6 is 16.3 Å². The van der Waals surface area contributed by atoms with E-state index in [-0.39, 0.29) is 5.92 Å². The van der Waals surface area contributed by atoms with Gasteiger partial charge in [-0.25, -0.2) is 0 Å². The first-order valence-corrected chi connectivity index (χ1v) is 21.5. The molecule has 0 fully saturated rings. The third kappa shape index (κ3) is 7.35. The van der Waals surface area contributed by atoms with Gasteiger partial charge in [-0.2, -0.15) is 0 Å². The predicted octanol–water partition coefficient (Wildman–Crippen LogP) is 12.3. The Hall–Kier alpha value is -6.04. The lowest BCUT2D eigenvalue weighted by Gasteiger charge is -2.30. The van der Waals surface area contributed by atoms with Gasteiger partial charge in [0, 0.05) is 38.3 Å². The summed E-state index contributed by atoms with van der Waals surface area (Å²) in [6.07, 6.45) is 0. The molecule has 9 aromatic rings. The minimum Gasteiger partial charge on any atom is -0.464 e. The molecule has 0 saturated carbocycles. The average molecular weight is 759 g/mol. The second-order valence-electron chi connectivity index (χ2n) is 13.9. The maximum atomic E-state index is 7.47. The third-order valence-electron chi connectivity index (χ3n) is 10.2. The molecule has 270 valence electrons. The maximum Gasteiger partial charge on any atom is 0.150 e. The SMILES string of the molecule is Cc1ccc(C(c2c(OP(c3ccccc3)c3ccccc3)ccc3ccccc23)c2c(OP(c3ccccc3)c3ccccc3)ccc3ccccc23)cc1. The molecule has 9 aromatic carbocycles. The summed E-state index contributed by atoms with van der Waals surface area (Å²) in [6, 6.07) is 77.8. The Morgan fingerprint density at radius 3 is 1.05 bits per heavy atom. The normalized spacial score (nSPS) is 11.4. The lowest BCUT2D eigenvalue weighted by atomic mass is 9.79. The van der Waals surface area contributed by atoms with E-state index in [1.54, 1.807) is 0 Å². The monoisotopic (exact) mass is 758 g/mol. The van der Waals surface area contributed by atoms with Crippen LogP contribution in [0.1, 0.15) is 28.2 Å². The minimum atomic E-state index is -1.21. The Morgan fingerprint density at radius 1 is 0.339 bits per heavy atom. The molecule has 56 heavy (non-hydrogen) atoms. The van der Waals surface area contributed by atoms with E-state index in [1.807, 2.05) is 0 Å². The number of hydrogen-bond acceptors (Lipinski definition) is 2. The first-order chi connectivity index (χ1) is 27.7.